The zero-order valence-electron chi connectivity index (χ0n) is 22.3. The minimum absolute atomic E-state index is 0.0445. The van der Waals surface area contributed by atoms with Crippen LogP contribution in [-0.2, 0) is 4.79 Å². The average Bonchev–Trinajstić information content (AvgIpc) is 3.35. The molecule has 0 spiro atoms. The van der Waals surface area contributed by atoms with Gasteiger partial charge in [0.25, 0.3) is 5.91 Å². The van der Waals surface area contributed by atoms with Gasteiger partial charge in [-0.2, -0.15) is 5.10 Å². The Kier molecular flexibility index (Phi) is 8.25. The topological polar surface area (TPSA) is 60.4 Å². The van der Waals surface area contributed by atoms with Crippen LogP contribution in [0, 0.1) is 11.7 Å². The SMILES string of the molecule is CCOc1ccc(/C=C2/CCC[C@H]3C2=NN(C(=O)COc2ccccc2F)[C@@H]3c2ccc(OCC)cc2)cc1. The molecule has 1 aliphatic heterocycles. The van der Waals surface area contributed by atoms with E-state index >= 15 is 0 Å². The Morgan fingerprint density at radius 3 is 2.28 bits per heavy atom. The molecule has 1 aliphatic carbocycles. The predicted molar refractivity (Wildman–Crippen MR) is 149 cm³/mol. The van der Waals surface area contributed by atoms with E-state index in [1.807, 2.05) is 62.4 Å². The van der Waals surface area contributed by atoms with E-state index in [-0.39, 0.29) is 30.2 Å². The van der Waals surface area contributed by atoms with Crippen LogP contribution in [-0.4, -0.2) is 36.4 Å². The molecule has 0 unspecified atom stereocenters. The number of para-hydroxylation sites is 1. The minimum Gasteiger partial charge on any atom is -0.494 e. The van der Waals surface area contributed by atoms with Gasteiger partial charge in [0.2, 0.25) is 0 Å². The molecule has 1 fully saturated rings. The zero-order valence-corrected chi connectivity index (χ0v) is 22.3. The number of fused-ring (bicyclic) bond motifs is 1. The van der Waals surface area contributed by atoms with Crippen molar-refractivity contribution in [2.75, 3.05) is 19.8 Å². The van der Waals surface area contributed by atoms with Gasteiger partial charge in [-0.05, 0) is 92.3 Å². The molecule has 3 aromatic rings. The number of ether oxygens (including phenoxy) is 3. The summed E-state index contributed by atoms with van der Waals surface area (Å²) in [5, 5.41) is 6.42. The van der Waals surface area contributed by atoms with Crippen molar-refractivity contribution in [1.82, 2.24) is 5.01 Å². The molecular formula is C32H33FN2O4. The second kappa shape index (κ2) is 12.2. The lowest BCUT2D eigenvalue weighted by atomic mass is 9.77. The molecule has 1 amide bonds. The molecule has 1 saturated carbocycles. The third-order valence-electron chi connectivity index (χ3n) is 7.01. The summed E-state index contributed by atoms with van der Waals surface area (Å²) >= 11 is 0. The highest BCUT2D eigenvalue weighted by molar-refractivity contribution is 6.08. The van der Waals surface area contributed by atoms with Crippen LogP contribution in [0.25, 0.3) is 6.08 Å². The minimum atomic E-state index is -0.504. The first-order valence-corrected chi connectivity index (χ1v) is 13.5. The van der Waals surface area contributed by atoms with Gasteiger partial charge in [0.15, 0.2) is 18.2 Å². The van der Waals surface area contributed by atoms with Crippen molar-refractivity contribution in [3.63, 3.8) is 0 Å². The van der Waals surface area contributed by atoms with E-state index in [9.17, 15) is 9.18 Å². The highest BCUT2D eigenvalue weighted by atomic mass is 19.1. The van der Waals surface area contributed by atoms with Gasteiger partial charge in [0.1, 0.15) is 11.5 Å². The van der Waals surface area contributed by atoms with Crippen molar-refractivity contribution >= 4 is 17.7 Å². The molecule has 0 saturated heterocycles. The molecule has 202 valence electrons. The lowest BCUT2D eigenvalue weighted by Crippen LogP contribution is -2.34. The molecule has 0 bridgehead atoms. The van der Waals surface area contributed by atoms with Crippen LogP contribution in [0.5, 0.6) is 17.2 Å². The van der Waals surface area contributed by atoms with Crippen molar-refractivity contribution in [3.05, 3.63) is 95.3 Å². The number of hydrogen-bond acceptors (Lipinski definition) is 5. The van der Waals surface area contributed by atoms with Gasteiger partial charge in [-0.3, -0.25) is 4.79 Å². The zero-order chi connectivity index (χ0) is 27.2. The van der Waals surface area contributed by atoms with Gasteiger partial charge < -0.3 is 14.2 Å². The summed E-state index contributed by atoms with van der Waals surface area (Å²) in [6, 6.07) is 21.6. The lowest BCUT2D eigenvalue weighted by Gasteiger charge is -2.29. The maximum atomic E-state index is 14.1. The third-order valence-corrected chi connectivity index (χ3v) is 7.01. The van der Waals surface area contributed by atoms with Crippen LogP contribution in [0.2, 0.25) is 0 Å². The van der Waals surface area contributed by atoms with Crippen molar-refractivity contribution in [1.29, 1.82) is 0 Å². The van der Waals surface area contributed by atoms with Gasteiger partial charge in [0.05, 0.1) is 25.0 Å². The molecule has 0 aromatic heterocycles. The predicted octanol–water partition coefficient (Wildman–Crippen LogP) is 6.83. The molecule has 3 aromatic carbocycles. The monoisotopic (exact) mass is 528 g/mol. The van der Waals surface area contributed by atoms with E-state index in [1.165, 1.54) is 17.1 Å². The van der Waals surface area contributed by atoms with Crippen LogP contribution in [0.1, 0.15) is 50.3 Å². The first-order chi connectivity index (χ1) is 19.1. The fourth-order valence-corrected chi connectivity index (χ4v) is 5.26. The van der Waals surface area contributed by atoms with Crippen LogP contribution >= 0.6 is 0 Å². The Morgan fingerprint density at radius 2 is 1.62 bits per heavy atom. The molecule has 6 nitrogen and oxygen atoms in total. The highest BCUT2D eigenvalue weighted by Crippen LogP contribution is 2.44. The largest absolute Gasteiger partial charge is 0.494 e. The van der Waals surface area contributed by atoms with E-state index < -0.39 is 5.82 Å². The fourth-order valence-electron chi connectivity index (χ4n) is 5.26. The van der Waals surface area contributed by atoms with Gasteiger partial charge >= 0.3 is 0 Å². The van der Waals surface area contributed by atoms with Gasteiger partial charge in [-0.25, -0.2) is 9.40 Å². The number of allylic oxidation sites excluding steroid dienone is 1. The number of hydrogen-bond donors (Lipinski definition) is 0. The number of amides is 1. The first-order valence-electron chi connectivity index (χ1n) is 13.5. The first kappa shape index (κ1) is 26.5. The van der Waals surface area contributed by atoms with E-state index in [0.717, 1.165) is 53.2 Å². The Morgan fingerprint density at radius 1 is 0.949 bits per heavy atom. The smallest absolute Gasteiger partial charge is 0.281 e. The van der Waals surface area contributed by atoms with Crippen LogP contribution in [0.3, 0.4) is 0 Å². The number of halogens is 1. The molecule has 5 rings (SSSR count). The van der Waals surface area contributed by atoms with Crippen LogP contribution < -0.4 is 14.2 Å². The number of benzene rings is 3. The normalized spacial score (nSPS) is 19.4. The molecule has 2 atom stereocenters. The molecule has 1 heterocycles. The van der Waals surface area contributed by atoms with Crippen molar-refractivity contribution < 1.29 is 23.4 Å². The molecule has 0 radical (unpaired) electrons. The molecule has 2 aliphatic rings. The Balaban J connectivity index is 1.45. The summed E-state index contributed by atoms with van der Waals surface area (Å²) in [5.41, 5.74) is 4.08. The molecule has 39 heavy (non-hydrogen) atoms. The quantitative estimate of drug-likeness (QED) is 0.306. The maximum absolute atomic E-state index is 14.1. The summed E-state index contributed by atoms with van der Waals surface area (Å²) < 4.78 is 30.9. The number of carbonyl (C=O) groups is 1. The Bertz CT molecular complexity index is 1350. The van der Waals surface area contributed by atoms with E-state index in [0.29, 0.717) is 13.2 Å². The van der Waals surface area contributed by atoms with Gasteiger partial charge in [0, 0.05) is 5.92 Å². The van der Waals surface area contributed by atoms with Gasteiger partial charge in [-0.15, -0.1) is 0 Å². The van der Waals surface area contributed by atoms with Crippen molar-refractivity contribution in [2.45, 2.75) is 39.2 Å². The maximum Gasteiger partial charge on any atom is 0.281 e. The number of carbonyl (C=O) groups excluding carboxylic acids is 1. The van der Waals surface area contributed by atoms with Crippen LogP contribution in [0.15, 0.2) is 83.5 Å². The summed E-state index contributed by atoms with van der Waals surface area (Å²) in [7, 11) is 0. The van der Waals surface area contributed by atoms with Crippen LogP contribution in [0.4, 0.5) is 4.39 Å². The van der Waals surface area contributed by atoms with Crippen molar-refractivity contribution in [3.8, 4) is 17.2 Å². The second-order valence-electron chi connectivity index (χ2n) is 9.56. The van der Waals surface area contributed by atoms with E-state index in [1.54, 1.807) is 12.1 Å². The van der Waals surface area contributed by atoms with Gasteiger partial charge in [-0.1, -0.05) is 36.4 Å². The number of rotatable bonds is 9. The van der Waals surface area contributed by atoms with E-state index in [4.69, 9.17) is 19.3 Å². The fraction of sp³-hybridized carbons (Fsp3) is 0.312. The Hall–Kier alpha value is -4.13. The third kappa shape index (κ3) is 5.98. The standard InChI is InChI=1S/C32H33FN2O4/c1-3-37-25-16-12-22(13-17-25)20-24-8-7-9-27-31(24)34-35(30(36)21-39-29-11-6-5-10-28(29)33)32(27)23-14-18-26(19-15-23)38-4-2/h5-6,10-20,27,32H,3-4,7-9,21H2,1-2H3/b24-20-/t27-,32+/m0/s1. The summed E-state index contributed by atoms with van der Waals surface area (Å²) in [5.74, 6) is 0.879. The lowest BCUT2D eigenvalue weighted by molar-refractivity contribution is -0.135. The summed E-state index contributed by atoms with van der Waals surface area (Å²) in [4.78, 5) is 13.5. The van der Waals surface area contributed by atoms with Crippen molar-refractivity contribution in [2.24, 2.45) is 11.0 Å². The second-order valence-corrected chi connectivity index (χ2v) is 9.56. The highest BCUT2D eigenvalue weighted by Gasteiger charge is 2.43. The summed E-state index contributed by atoms with van der Waals surface area (Å²) in [6.45, 7) is 4.80. The molecule has 0 N–H and O–H groups in total. The molecular weight excluding hydrogens is 495 g/mol. The number of nitrogens with zero attached hydrogens (tertiary/aromatic N) is 2. The number of hydrazone groups is 1. The average molecular weight is 529 g/mol. The Labute approximate surface area is 228 Å². The summed E-state index contributed by atoms with van der Waals surface area (Å²) in [6.07, 6.45) is 4.94. The van der Waals surface area contributed by atoms with E-state index in [2.05, 4.69) is 6.08 Å². The molecule has 7 heteroatoms.